The molecule has 122 valence electrons. The van der Waals surface area contributed by atoms with Crippen molar-refractivity contribution in [1.82, 2.24) is 10.0 Å². The van der Waals surface area contributed by atoms with Crippen molar-refractivity contribution in [2.24, 2.45) is 0 Å². The van der Waals surface area contributed by atoms with E-state index in [1.54, 1.807) is 0 Å². The van der Waals surface area contributed by atoms with Crippen LogP contribution in [0.1, 0.15) is 56.9 Å². The molecule has 4 nitrogen and oxygen atoms in total. The van der Waals surface area contributed by atoms with E-state index >= 15 is 0 Å². The van der Waals surface area contributed by atoms with Crippen molar-refractivity contribution in [2.45, 2.75) is 70.9 Å². The molecule has 1 aromatic heterocycles. The van der Waals surface area contributed by atoms with Gasteiger partial charge in [-0.2, -0.15) is 0 Å². The van der Waals surface area contributed by atoms with Gasteiger partial charge < -0.3 is 5.32 Å². The Hall–Kier alpha value is -0.430. The highest BCUT2D eigenvalue weighted by Crippen LogP contribution is 2.27. The predicted molar refractivity (Wildman–Crippen MR) is 90.4 cm³/mol. The zero-order valence-corrected chi connectivity index (χ0v) is 15.2. The zero-order valence-electron chi connectivity index (χ0n) is 13.5. The maximum absolute atomic E-state index is 12.6. The number of hydrogen-bond donors (Lipinski definition) is 2. The lowest BCUT2D eigenvalue weighted by Gasteiger charge is -2.15. The number of rotatable bonds is 10. The topological polar surface area (TPSA) is 58.2 Å². The number of unbranched alkanes of at least 4 members (excludes halogenated alkanes) is 1. The third-order valence-electron chi connectivity index (χ3n) is 3.32. The van der Waals surface area contributed by atoms with Crippen LogP contribution in [-0.2, 0) is 16.6 Å². The fourth-order valence-corrected chi connectivity index (χ4v) is 5.30. The van der Waals surface area contributed by atoms with Crippen molar-refractivity contribution >= 4 is 21.4 Å². The molecule has 0 aliphatic heterocycles. The van der Waals surface area contributed by atoms with E-state index < -0.39 is 10.0 Å². The highest BCUT2D eigenvalue weighted by atomic mass is 32.2. The molecule has 1 rings (SSSR count). The molecule has 0 aliphatic carbocycles. The average Bonchev–Trinajstić information content (AvgIpc) is 2.78. The van der Waals surface area contributed by atoms with Crippen molar-refractivity contribution in [3.05, 3.63) is 15.8 Å². The third-order valence-corrected chi connectivity index (χ3v) is 6.37. The number of aryl methyl sites for hydroxylation is 1. The molecule has 1 atom stereocenters. The van der Waals surface area contributed by atoms with Crippen LogP contribution < -0.4 is 10.0 Å². The standard InChI is InChI=1S/C15H28N2O2S2/c1-5-7-8-13(4)17-21(18,19)15-12(3)11-20-14(15)10-16-9-6-2/h11,13,16-17H,5-10H2,1-4H3. The smallest absolute Gasteiger partial charge is 0.242 e. The molecule has 0 spiro atoms. The second kappa shape index (κ2) is 8.88. The van der Waals surface area contributed by atoms with E-state index in [4.69, 9.17) is 0 Å². The van der Waals surface area contributed by atoms with Crippen LogP contribution >= 0.6 is 11.3 Å². The molecular formula is C15H28N2O2S2. The first kappa shape index (κ1) is 18.6. The lowest BCUT2D eigenvalue weighted by atomic mass is 10.2. The highest BCUT2D eigenvalue weighted by molar-refractivity contribution is 7.89. The minimum absolute atomic E-state index is 0.0225. The Morgan fingerprint density at radius 2 is 2.00 bits per heavy atom. The normalized spacial score (nSPS) is 13.5. The Kier molecular flexibility index (Phi) is 7.87. The largest absolute Gasteiger partial charge is 0.312 e. The van der Waals surface area contributed by atoms with Crippen molar-refractivity contribution in [3.8, 4) is 0 Å². The molecule has 0 saturated carbocycles. The fourth-order valence-electron chi connectivity index (χ4n) is 2.24. The van der Waals surface area contributed by atoms with Gasteiger partial charge in [-0.3, -0.25) is 0 Å². The minimum Gasteiger partial charge on any atom is -0.312 e. The van der Waals surface area contributed by atoms with Crippen molar-refractivity contribution in [1.29, 1.82) is 0 Å². The van der Waals surface area contributed by atoms with E-state index in [2.05, 4.69) is 23.9 Å². The molecule has 1 aromatic rings. The van der Waals surface area contributed by atoms with Gasteiger partial charge in [0, 0.05) is 17.5 Å². The molecule has 0 aliphatic rings. The Bertz CT molecular complexity index is 524. The molecule has 0 amide bonds. The first-order valence-corrected chi connectivity index (χ1v) is 10.1. The van der Waals surface area contributed by atoms with Gasteiger partial charge in [0.25, 0.3) is 0 Å². The number of thiophene rings is 1. The van der Waals surface area contributed by atoms with Gasteiger partial charge in [0.15, 0.2) is 0 Å². The van der Waals surface area contributed by atoms with Crippen LogP contribution in [0.5, 0.6) is 0 Å². The lowest BCUT2D eigenvalue weighted by Crippen LogP contribution is -2.33. The van der Waals surface area contributed by atoms with Gasteiger partial charge in [0.1, 0.15) is 4.90 Å². The lowest BCUT2D eigenvalue weighted by molar-refractivity contribution is 0.533. The molecule has 2 N–H and O–H groups in total. The number of sulfonamides is 1. The summed E-state index contributed by atoms with van der Waals surface area (Å²) in [7, 11) is -3.42. The van der Waals surface area contributed by atoms with Crippen LogP contribution in [0.4, 0.5) is 0 Å². The van der Waals surface area contributed by atoms with Crippen LogP contribution in [-0.4, -0.2) is 21.0 Å². The summed E-state index contributed by atoms with van der Waals surface area (Å²) in [5.41, 5.74) is 0.837. The first-order chi connectivity index (χ1) is 9.92. The molecular weight excluding hydrogens is 304 g/mol. The molecule has 0 saturated heterocycles. The van der Waals surface area contributed by atoms with E-state index in [0.717, 1.165) is 42.7 Å². The average molecular weight is 333 g/mol. The highest BCUT2D eigenvalue weighted by Gasteiger charge is 2.24. The Labute approximate surface area is 133 Å². The van der Waals surface area contributed by atoms with E-state index in [1.165, 1.54) is 11.3 Å². The van der Waals surface area contributed by atoms with Crippen LogP contribution in [0.2, 0.25) is 0 Å². The van der Waals surface area contributed by atoms with Gasteiger partial charge >= 0.3 is 0 Å². The molecule has 6 heteroatoms. The van der Waals surface area contributed by atoms with Crippen molar-refractivity contribution < 1.29 is 8.42 Å². The molecule has 0 aromatic carbocycles. The van der Waals surface area contributed by atoms with Gasteiger partial charge in [0.05, 0.1) is 0 Å². The van der Waals surface area contributed by atoms with E-state index in [-0.39, 0.29) is 6.04 Å². The van der Waals surface area contributed by atoms with Crippen LogP contribution in [0, 0.1) is 6.92 Å². The van der Waals surface area contributed by atoms with Gasteiger partial charge in [-0.05, 0) is 44.2 Å². The summed E-state index contributed by atoms with van der Waals surface area (Å²) in [6.45, 7) is 9.53. The number of hydrogen-bond acceptors (Lipinski definition) is 4. The maximum atomic E-state index is 12.6. The van der Waals surface area contributed by atoms with Crippen molar-refractivity contribution in [3.63, 3.8) is 0 Å². The van der Waals surface area contributed by atoms with Crippen molar-refractivity contribution in [2.75, 3.05) is 6.54 Å². The van der Waals surface area contributed by atoms with E-state index in [0.29, 0.717) is 11.4 Å². The zero-order chi connectivity index (χ0) is 15.9. The molecule has 1 heterocycles. The Morgan fingerprint density at radius 1 is 1.29 bits per heavy atom. The second-order valence-corrected chi connectivity index (χ2v) is 8.13. The van der Waals surface area contributed by atoms with Gasteiger partial charge in [0.2, 0.25) is 10.0 Å². The summed E-state index contributed by atoms with van der Waals surface area (Å²) in [5.74, 6) is 0. The molecule has 0 bridgehead atoms. The fraction of sp³-hybridized carbons (Fsp3) is 0.733. The minimum atomic E-state index is -3.42. The quantitative estimate of drug-likeness (QED) is 0.646. The Morgan fingerprint density at radius 3 is 2.62 bits per heavy atom. The SMILES string of the molecule is CCCCC(C)NS(=O)(=O)c1c(C)csc1CNCCC. The predicted octanol–water partition coefficient (Wildman–Crippen LogP) is 3.41. The summed E-state index contributed by atoms with van der Waals surface area (Å²) >= 11 is 1.52. The summed E-state index contributed by atoms with van der Waals surface area (Å²) in [5, 5.41) is 5.21. The third kappa shape index (κ3) is 5.70. The molecule has 1 unspecified atom stereocenters. The maximum Gasteiger partial charge on any atom is 0.242 e. The summed E-state index contributed by atoms with van der Waals surface area (Å²) in [4.78, 5) is 1.37. The summed E-state index contributed by atoms with van der Waals surface area (Å²) in [6.07, 6.45) is 4.04. The molecule has 0 fully saturated rings. The van der Waals surface area contributed by atoms with Gasteiger partial charge in [-0.1, -0.05) is 26.7 Å². The Balaban J connectivity index is 2.84. The second-order valence-electron chi connectivity index (χ2n) is 5.51. The van der Waals surface area contributed by atoms with Gasteiger partial charge in [-0.25, -0.2) is 13.1 Å². The monoisotopic (exact) mass is 332 g/mol. The van der Waals surface area contributed by atoms with E-state index in [9.17, 15) is 8.42 Å². The van der Waals surface area contributed by atoms with Crippen LogP contribution in [0.25, 0.3) is 0 Å². The summed E-state index contributed by atoms with van der Waals surface area (Å²) in [6, 6.07) is -0.0225. The molecule has 21 heavy (non-hydrogen) atoms. The van der Waals surface area contributed by atoms with E-state index in [1.807, 2.05) is 19.2 Å². The van der Waals surface area contributed by atoms with Gasteiger partial charge in [-0.15, -0.1) is 11.3 Å². The van der Waals surface area contributed by atoms with Crippen LogP contribution in [0.3, 0.4) is 0 Å². The number of nitrogens with one attached hydrogen (secondary N) is 2. The van der Waals surface area contributed by atoms with Crippen LogP contribution in [0.15, 0.2) is 10.3 Å². The first-order valence-electron chi connectivity index (χ1n) is 7.72. The molecule has 0 radical (unpaired) electrons. The summed E-state index contributed by atoms with van der Waals surface area (Å²) < 4.78 is 28.0.